The molecule has 0 N–H and O–H groups in total. The monoisotopic (exact) mass is 656 g/mol. The average molecular weight is 658 g/mol. The Morgan fingerprint density at radius 1 is 1.14 bits per heavy atom. The topological polar surface area (TPSA) is 83.8 Å². The Kier molecular flexibility index (Phi) is 9.54. The van der Waals surface area contributed by atoms with Crippen molar-refractivity contribution >= 4 is 45.0 Å². The highest BCUT2D eigenvalue weighted by molar-refractivity contribution is 9.10. The van der Waals surface area contributed by atoms with Crippen LogP contribution in [-0.4, -0.2) is 74.4 Å². The van der Waals surface area contributed by atoms with E-state index in [4.69, 9.17) is 16.3 Å². The van der Waals surface area contributed by atoms with Crippen LogP contribution < -0.4 is 9.64 Å². The van der Waals surface area contributed by atoms with Crippen LogP contribution in [0.5, 0.6) is 5.75 Å². The van der Waals surface area contributed by atoms with Crippen LogP contribution in [0.3, 0.4) is 0 Å². The van der Waals surface area contributed by atoms with Gasteiger partial charge in [0.1, 0.15) is 11.8 Å². The van der Waals surface area contributed by atoms with Gasteiger partial charge < -0.3 is 14.5 Å². The van der Waals surface area contributed by atoms with Crippen LogP contribution in [0.4, 0.5) is 5.69 Å². The van der Waals surface area contributed by atoms with Gasteiger partial charge in [0, 0.05) is 53.4 Å². The fourth-order valence-electron chi connectivity index (χ4n) is 5.96. The first-order valence-corrected chi connectivity index (χ1v) is 15.8. The van der Waals surface area contributed by atoms with Crippen molar-refractivity contribution < 1.29 is 14.3 Å². The van der Waals surface area contributed by atoms with Gasteiger partial charge >= 0.3 is 0 Å². The summed E-state index contributed by atoms with van der Waals surface area (Å²) in [5.41, 5.74) is 2.61. The normalized spacial score (nSPS) is 22.0. The maximum absolute atomic E-state index is 13.6. The van der Waals surface area contributed by atoms with Gasteiger partial charge in [0.15, 0.2) is 6.10 Å². The molecule has 2 fully saturated rings. The van der Waals surface area contributed by atoms with E-state index in [0.717, 1.165) is 27.8 Å². The number of hydrogen-bond donors (Lipinski definition) is 0. The Morgan fingerprint density at radius 2 is 1.86 bits per heavy atom. The maximum Gasteiger partial charge on any atom is 0.263 e. The molecule has 0 radical (unpaired) electrons. The van der Waals surface area contributed by atoms with Crippen molar-refractivity contribution in [1.82, 2.24) is 24.8 Å². The Hall–Kier alpha value is -2.95. The minimum atomic E-state index is -0.540. The molecule has 0 spiro atoms. The Morgan fingerprint density at radius 3 is 2.52 bits per heavy atom. The first-order chi connectivity index (χ1) is 20.1. The molecular weight excluding hydrogens is 620 g/mol. The van der Waals surface area contributed by atoms with Crippen molar-refractivity contribution in [2.75, 3.05) is 24.5 Å². The number of halogens is 2. The van der Waals surface area contributed by atoms with Crippen molar-refractivity contribution in [3.63, 3.8) is 0 Å². The molecular formula is C31H38BrClN6O3. The molecule has 3 aromatic rings. The number of carbonyl (C=O) groups excluding carboxylic acids is 2. The number of carbonyl (C=O) groups is 2. The number of amides is 2. The van der Waals surface area contributed by atoms with Gasteiger partial charge in [-0.15, -0.1) is 5.10 Å². The molecule has 3 heterocycles. The lowest BCUT2D eigenvalue weighted by Crippen LogP contribution is -2.59. The van der Waals surface area contributed by atoms with E-state index in [0.29, 0.717) is 49.8 Å². The maximum atomic E-state index is 13.6. The van der Waals surface area contributed by atoms with Crippen molar-refractivity contribution in [1.29, 1.82) is 0 Å². The van der Waals surface area contributed by atoms with Gasteiger partial charge in [-0.1, -0.05) is 46.1 Å². The molecule has 2 saturated heterocycles. The molecule has 4 atom stereocenters. The molecule has 5 rings (SSSR count). The summed E-state index contributed by atoms with van der Waals surface area (Å²) >= 11 is 9.56. The molecule has 2 aliphatic rings. The number of aryl methyl sites for hydroxylation is 1. The summed E-state index contributed by atoms with van der Waals surface area (Å²) in [7, 11) is 0. The number of rotatable bonds is 9. The number of nitrogens with zero attached hydrogens (tertiary/aromatic N) is 6. The third kappa shape index (κ3) is 6.66. The van der Waals surface area contributed by atoms with Crippen LogP contribution in [0, 0.1) is 6.92 Å². The van der Waals surface area contributed by atoms with Crippen LogP contribution in [0.15, 0.2) is 53.1 Å². The number of anilines is 1. The Balaban J connectivity index is 1.20. The summed E-state index contributed by atoms with van der Waals surface area (Å²) in [4.78, 5) is 32.9. The minimum Gasteiger partial charge on any atom is -0.480 e. The Bertz CT molecular complexity index is 1400. The van der Waals surface area contributed by atoms with Gasteiger partial charge in [0.25, 0.3) is 11.8 Å². The van der Waals surface area contributed by atoms with E-state index >= 15 is 0 Å². The minimum absolute atomic E-state index is 0.0190. The van der Waals surface area contributed by atoms with Crippen molar-refractivity contribution in [3.8, 4) is 5.75 Å². The predicted octanol–water partition coefficient (Wildman–Crippen LogP) is 5.65. The largest absolute Gasteiger partial charge is 0.480 e. The lowest BCUT2D eigenvalue weighted by molar-refractivity contribution is -0.143. The standard InChI is InChI=1S/C31H38BrClN6O3/c1-5-6-29(42-28-12-9-24(33)15-20(28)2)31(41)36-16-21(3)38(22(4)17-36)18-25-19-39(35-34-25)27-13-14-37(30(27)40)26-10-7-23(32)8-11-26/h7-12,15,19,21-22,27,29H,5-6,13-14,16-18H2,1-4H3/t21-,22+,27?,29?. The first kappa shape index (κ1) is 30.5. The van der Waals surface area contributed by atoms with E-state index in [-0.39, 0.29) is 29.9 Å². The lowest BCUT2D eigenvalue weighted by Gasteiger charge is -2.44. The summed E-state index contributed by atoms with van der Waals surface area (Å²) in [6.07, 6.45) is 3.52. The molecule has 1 aromatic heterocycles. The molecule has 2 aromatic carbocycles. The molecule has 2 aliphatic heterocycles. The van der Waals surface area contributed by atoms with Crippen LogP contribution in [0.1, 0.15) is 57.3 Å². The van der Waals surface area contributed by atoms with E-state index in [9.17, 15) is 9.59 Å². The smallest absolute Gasteiger partial charge is 0.263 e. The second kappa shape index (κ2) is 13.1. The molecule has 42 heavy (non-hydrogen) atoms. The molecule has 9 nitrogen and oxygen atoms in total. The number of ether oxygens (including phenoxy) is 1. The highest BCUT2D eigenvalue weighted by atomic mass is 79.9. The predicted molar refractivity (Wildman–Crippen MR) is 167 cm³/mol. The first-order valence-electron chi connectivity index (χ1n) is 14.6. The summed E-state index contributed by atoms with van der Waals surface area (Å²) in [6, 6.07) is 13.1. The zero-order chi connectivity index (χ0) is 30.0. The second-order valence-electron chi connectivity index (χ2n) is 11.4. The number of benzene rings is 2. The van der Waals surface area contributed by atoms with Crippen molar-refractivity contribution in [2.45, 2.75) is 77.7 Å². The molecule has 11 heteroatoms. The van der Waals surface area contributed by atoms with Gasteiger partial charge in [-0.2, -0.15) is 0 Å². The van der Waals surface area contributed by atoms with Gasteiger partial charge in [0.05, 0.1) is 11.9 Å². The molecule has 0 saturated carbocycles. The molecule has 2 amide bonds. The number of piperazine rings is 1. The van der Waals surface area contributed by atoms with Crippen LogP contribution >= 0.6 is 27.5 Å². The Labute approximate surface area is 260 Å². The third-order valence-corrected chi connectivity index (χ3v) is 8.95. The van der Waals surface area contributed by atoms with E-state index in [2.05, 4.69) is 51.9 Å². The van der Waals surface area contributed by atoms with Crippen molar-refractivity contribution in [3.05, 3.63) is 69.4 Å². The zero-order valence-corrected chi connectivity index (χ0v) is 26.9. The average Bonchev–Trinajstić information content (AvgIpc) is 3.58. The van der Waals surface area contributed by atoms with E-state index in [1.54, 1.807) is 10.7 Å². The van der Waals surface area contributed by atoms with E-state index in [1.807, 2.05) is 59.3 Å². The highest BCUT2D eigenvalue weighted by Gasteiger charge is 2.37. The fourth-order valence-corrected chi connectivity index (χ4v) is 6.45. The highest BCUT2D eigenvalue weighted by Crippen LogP contribution is 2.30. The van der Waals surface area contributed by atoms with Gasteiger partial charge in [0.2, 0.25) is 0 Å². The van der Waals surface area contributed by atoms with Crippen LogP contribution in [-0.2, 0) is 16.1 Å². The molecule has 0 aliphatic carbocycles. The zero-order valence-electron chi connectivity index (χ0n) is 24.5. The van der Waals surface area contributed by atoms with Crippen molar-refractivity contribution in [2.24, 2.45) is 0 Å². The second-order valence-corrected chi connectivity index (χ2v) is 12.7. The van der Waals surface area contributed by atoms with Gasteiger partial charge in [-0.25, -0.2) is 4.68 Å². The SMILES string of the molecule is CCCC(Oc1ccc(Cl)cc1C)C(=O)N1C[C@@H](C)N(Cc2cn(C3CCN(c4ccc(Br)cc4)C3=O)nn2)[C@@H](C)C1. The van der Waals surface area contributed by atoms with Crippen LogP contribution in [0.25, 0.3) is 0 Å². The van der Waals surface area contributed by atoms with E-state index in [1.165, 1.54) is 0 Å². The molecule has 224 valence electrons. The fraction of sp³-hybridized carbons (Fsp3) is 0.484. The summed E-state index contributed by atoms with van der Waals surface area (Å²) in [6.45, 7) is 10.7. The molecule has 0 bridgehead atoms. The number of hydrogen-bond acceptors (Lipinski definition) is 6. The molecule has 2 unspecified atom stereocenters. The summed E-state index contributed by atoms with van der Waals surface area (Å²) < 4.78 is 8.92. The number of aromatic nitrogens is 3. The summed E-state index contributed by atoms with van der Waals surface area (Å²) in [5, 5.41) is 9.41. The van der Waals surface area contributed by atoms with Gasteiger partial charge in [-0.3, -0.25) is 14.5 Å². The quantitative estimate of drug-likeness (QED) is 0.296. The lowest BCUT2D eigenvalue weighted by atomic mass is 10.1. The third-order valence-electron chi connectivity index (χ3n) is 8.18. The summed E-state index contributed by atoms with van der Waals surface area (Å²) in [5.74, 6) is 0.737. The van der Waals surface area contributed by atoms with Crippen LogP contribution in [0.2, 0.25) is 5.02 Å². The van der Waals surface area contributed by atoms with Gasteiger partial charge in [-0.05, 0) is 81.6 Å². The van der Waals surface area contributed by atoms with E-state index < -0.39 is 6.10 Å².